The van der Waals surface area contributed by atoms with Gasteiger partial charge in [0.1, 0.15) is 0 Å². The SMILES string of the molecule is CC(=O)Nc1cccc(C(=O)N(C)[C@H](C)c2cccc([N+](=O)[O-])c2)c1. The minimum absolute atomic E-state index is 0.0159. The Kier molecular flexibility index (Phi) is 5.49. The molecule has 1 atom stereocenters. The molecule has 0 aromatic heterocycles. The molecule has 0 aliphatic heterocycles. The molecule has 7 nitrogen and oxygen atoms in total. The van der Waals surface area contributed by atoms with Crippen molar-refractivity contribution in [3.8, 4) is 0 Å². The minimum atomic E-state index is -0.463. The summed E-state index contributed by atoms with van der Waals surface area (Å²) in [6, 6.07) is 12.5. The van der Waals surface area contributed by atoms with Gasteiger partial charge in [-0.1, -0.05) is 18.2 Å². The van der Waals surface area contributed by atoms with Crippen LogP contribution in [0.5, 0.6) is 0 Å². The first-order valence-corrected chi connectivity index (χ1v) is 7.68. The van der Waals surface area contributed by atoms with Crippen LogP contribution in [0.2, 0.25) is 0 Å². The van der Waals surface area contributed by atoms with Crippen molar-refractivity contribution in [1.29, 1.82) is 0 Å². The van der Waals surface area contributed by atoms with Gasteiger partial charge in [-0.3, -0.25) is 19.7 Å². The number of nitro groups is 1. The van der Waals surface area contributed by atoms with Crippen molar-refractivity contribution in [2.45, 2.75) is 19.9 Å². The van der Waals surface area contributed by atoms with Crippen molar-refractivity contribution in [2.75, 3.05) is 12.4 Å². The van der Waals surface area contributed by atoms with E-state index in [1.54, 1.807) is 50.4 Å². The van der Waals surface area contributed by atoms with E-state index in [1.807, 2.05) is 0 Å². The molecule has 0 fully saturated rings. The highest BCUT2D eigenvalue weighted by atomic mass is 16.6. The molecule has 7 heteroatoms. The highest BCUT2D eigenvalue weighted by molar-refractivity contribution is 5.96. The van der Waals surface area contributed by atoms with E-state index >= 15 is 0 Å². The van der Waals surface area contributed by atoms with Gasteiger partial charge in [-0.2, -0.15) is 0 Å². The highest BCUT2D eigenvalue weighted by Crippen LogP contribution is 2.24. The summed E-state index contributed by atoms with van der Waals surface area (Å²) in [4.78, 5) is 35.8. The van der Waals surface area contributed by atoms with E-state index in [-0.39, 0.29) is 23.5 Å². The summed E-state index contributed by atoms with van der Waals surface area (Å²) < 4.78 is 0. The van der Waals surface area contributed by atoms with Crippen LogP contribution in [0.25, 0.3) is 0 Å². The van der Waals surface area contributed by atoms with Crippen molar-refractivity contribution < 1.29 is 14.5 Å². The number of rotatable bonds is 5. The van der Waals surface area contributed by atoms with E-state index in [0.717, 1.165) is 0 Å². The summed E-state index contributed by atoms with van der Waals surface area (Å²) >= 11 is 0. The molecule has 0 spiro atoms. The summed E-state index contributed by atoms with van der Waals surface area (Å²) in [6.07, 6.45) is 0. The van der Waals surface area contributed by atoms with E-state index in [2.05, 4.69) is 5.32 Å². The number of hydrogen-bond acceptors (Lipinski definition) is 4. The predicted molar refractivity (Wildman–Crippen MR) is 94.4 cm³/mol. The van der Waals surface area contributed by atoms with Crippen LogP contribution in [0.4, 0.5) is 11.4 Å². The molecule has 130 valence electrons. The summed E-state index contributed by atoms with van der Waals surface area (Å²) in [5, 5.41) is 13.6. The second kappa shape index (κ2) is 7.57. The van der Waals surface area contributed by atoms with Crippen LogP contribution in [0, 0.1) is 10.1 Å². The van der Waals surface area contributed by atoms with Gasteiger partial charge in [0, 0.05) is 37.4 Å². The van der Waals surface area contributed by atoms with E-state index in [9.17, 15) is 19.7 Å². The molecule has 25 heavy (non-hydrogen) atoms. The predicted octanol–water partition coefficient (Wildman–Crippen LogP) is 3.39. The second-order valence-corrected chi connectivity index (χ2v) is 5.71. The molecule has 0 saturated heterocycles. The second-order valence-electron chi connectivity index (χ2n) is 5.71. The molecular weight excluding hydrogens is 322 g/mol. The Balaban J connectivity index is 2.23. The van der Waals surface area contributed by atoms with Gasteiger partial charge in [0.25, 0.3) is 11.6 Å². The van der Waals surface area contributed by atoms with Crippen molar-refractivity contribution in [1.82, 2.24) is 4.90 Å². The largest absolute Gasteiger partial charge is 0.335 e. The smallest absolute Gasteiger partial charge is 0.269 e. The van der Waals surface area contributed by atoms with Crippen LogP contribution in [-0.4, -0.2) is 28.7 Å². The van der Waals surface area contributed by atoms with Crippen LogP contribution in [0.3, 0.4) is 0 Å². The van der Waals surface area contributed by atoms with Crippen LogP contribution in [0.15, 0.2) is 48.5 Å². The average molecular weight is 341 g/mol. The maximum atomic E-state index is 12.7. The third-order valence-electron chi connectivity index (χ3n) is 3.89. The third-order valence-corrected chi connectivity index (χ3v) is 3.89. The number of benzene rings is 2. The molecule has 0 heterocycles. The summed E-state index contributed by atoms with van der Waals surface area (Å²) in [6.45, 7) is 3.19. The van der Waals surface area contributed by atoms with E-state index in [4.69, 9.17) is 0 Å². The fourth-order valence-electron chi connectivity index (χ4n) is 2.43. The van der Waals surface area contributed by atoms with Crippen LogP contribution >= 0.6 is 0 Å². The molecule has 2 aromatic rings. The number of carbonyl (C=O) groups is 2. The quantitative estimate of drug-likeness (QED) is 0.666. The molecule has 2 aromatic carbocycles. The summed E-state index contributed by atoms with van der Waals surface area (Å²) in [7, 11) is 1.64. The first-order chi connectivity index (χ1) is 11.8. The third kappa shape index (κ3) is 4.41. The van der Waals surface area contributed by atoms with Crippen molar-refractivity contribution in [3.05, 3.63) is 69.8 Å². The standard InChI is InChI=1S/C18H19N3O4/c1-12(14-6-5-9-17(11-14)21(24)25)20(3)18(23)15-7-4-8-16(10-15)19-13(2)22/h4-12H,1-3H3,(H,19,22)/t12-/m1/s1. The van der Waals surface area contributed by atoms with Crippen LogP contribution in [-0.2, 0) is 4.79 Å². The minimum Gasteiger partial charge on any atom is -0.335 e. The zero-order chi connectivity index (χ0) is 18.6. The lowest BCUT2D eigenvalue weighted by molar-refractivity contribution is -0.384. The number of nitro benzene ring substituents is 1. The average Bonchev–Trinajstić information content (AvgIpc) is 2.59. The van der Waals surface area contributed by atoms with Gasteiger partial charge in [-0.25, -0.2) is 0 Å². The maximum absolute atomic E-state index is 12.7. The van der Waals surface area contributed by atoms with E-state index < -0.39 is 4.92 Å². The molecule has 0 aliphatic carbocycles. The summed E-state index contributed by atoms with van der Waals surface area (Å²) in [5.74, 6) is -0.464. The Morgan fingerprint density at radius 3 is 2.48 bits per heavy atom. The van der Waals surface area contributed by atoms with E-state index in [1.165, 1.54) is 24.0 Å². The number of nitrogens with zero attached hydrogens (tertiary/aromatic N) is 2. The molecule has 0 radical (unpaired) electrons. The maximum Gasteiger partial charge on any atom is 0.269 e. The number of carbonyl (C=O) groups excluding carboxylic acids is 2. The monoisotopic (exact) mass is 341 g/mol. The van der Waals surface area contributed by atoms with Gasteiger partial charge in [0.2, 0.25) is 5.91 Å². The first-order valence-electron chi connectivity index (χ1n) is 7.68. The molecule has 0 bridgehead atoms. The number of anilines is 1. The number of non-ortho nitro benzene ring substituents is 1. The topological polar surface area (TPSA) is 92.6 Å². The van der Waals surface area contributed by atoms with Crippen molar-refractivity contribution in [2.24, 2.45) is 0 Å². The van der Waals surface area contributed by atoms with Crippen molar-refractivity contribution >= 4 is 23.2 Å². The van der Waals surface area contributed by atoms with Crippen LogP contribution in [0.1, 0.15) is 35.8 Å². The molecule has 0 unspecified atom stereocenters. The van der Waals surface area contributed by atoms with Gasteiger partial charge in [0.05, 0.1) is 11.0 Å². The number of hydrogen-bond donors (Lipinski definition) is 1. The lowest BCUT2D eigenvalue weighted by Gasteiger charge is -2.25. The lowest BCUT2D eigenvalue weighted by Crippen LogP contribution is -2.29. The van der Waals surface area contributed by atoms with Crippen LogP contribution < -0.4 is 5.32 Å². The Hall–Kier alpha value is -3.22. The fraction of sp³-hybridized carbons (Fsp3) is 0.222. The van der Waals surface area contributed by atoms with Gasteiger partial charge in [0.15, 0.2) is 0 Å². The van der Waals surface area contributed by atoms with Gasteiger partial charge in [-0.15, -0.1) is 0 Å². The number of nitrogens with one attached hydrogen (secondary N) is 1. The number of amides is 2. The molecule has 2 rings (SSSR count). The molecule has 1 N–H and O–H groups in total. The zero-order valence-electron chi connectivity index (χ0n) is 14.2. The van der Waals surface area contributed by atoms with E-state index in [0.29, 0.717) is 16.8 Å². The fourth-order valence-corrected chi connectivity index (χ4v) is 2.43. The molecule has 0 saturated carbocycles. The first kappa shape index (κ1) is 18.1. The zero-order valence-corrected chi connectivity index (χ0v) is 14.2. The highest BCUT2D eigenvalue weighted by Gasteiger charge is 2.20. The summed E-state index contributed by atoms with van der Waals surface area (Å²) in [5.41, 5.74) is 1.61. The van der Waals surface area contributed by atoms with Crippen molar-refractivity contribution in [3.63, 3.8) is 0 Å². The normalized spacial score (nSPS) is 11.5. The van der Waals surface area contributed by atoms with Gasteiger partial charge < -0.3 is 10.2 Å². The molecule has 0 aliphatic rings. The molecular formula is C18H19N3O4. The Morgan fingerprint density at radius 2 is 1.84 bits per heavy atom. The molecule has 2 amide bonds. The van der Waals surface area contributed by atoms with Gasteiger partial charge in [-0.05, 0) is 30.7 Å². The van der Waals surface area contributed by atoms with Gasteiger partial charge >= 0.3 is 0 Å². The Bertz CT molecular complexity index is 819. The Morgan fingerprint density at radius 1 is 1.16 bits per heavy atom. The lowest BCUT2D eigenvalue weighted by atomic mass is 10.1. The Labute approximate surface area is 145 Å².